The molecule has 0 fully saturated rings. The van der Waals surface area contributed by atoms with Gasteiger partial charge in [-0.05, 0) is 86.0 Å². The van der Waals surface area contributed by atoms with Crippen molar-refractivity contribution in [2.75, 3.05) is 0 Å². The molecule has 3 nitrogen and oxygen atoms in total. The Bertz CT molecular complexity index is 3220. The molecule has 0 saturated heterocycles. The van der Waals surface area contributed by atoms with Crippen LogP contribution in [0, 0.1) is 0 Å². The van der Waals surface area contributed by atoms with Crippen molar-refractivity contribution in [1.29, 1.82) is 0 Å². The second kappa shape index (κ2) is 13.3. The maximum absolute atomic E-state index is 6.79. The van der Waals surface area contributed by atoms with Crippen LogP contribution in [0.3, 0.4) is 0 Å². The molecule has 9 aromatic rings. The van der Waals surface area contributed by atoms with Gasteiger partial charge in [0.05, 0.1) is 16.8 Å². The maximum Gasteiger partial charge on any atom is 0.160 e. The Kier molecular flexibility index (Phi) is 7.84. The van der Waals surface area contributed by atoms with Crippen molar-refractivity contribution in [3.05, 3.63) is 239 Å². The molecule has 62 heavy (non-hydrogen) atoms. The Balaban J connectivity index is 0.982. The minimum Gasteiger partial charge on any atom is -0.457 e. The Morgan fingerprint density at radius 2 is 0.806 bits per heavy atom. The summed E-state index contributed by atoms with van der Waals surface area (Å²) < 4.78 is 6.79. The lowest BCUT2D eigenvalue weighted by Gasteiger charge is -2.50. The average molecular weight is 797 g/mol. The van der Waals surface area contributed by atoms with E-state index in [1.165, 1.54) is 50.1 Å². The molecule has 0 bridgehead atoms. The van der Waals surface area contributed by atoms with E-state index in [4.69, 9.17) is 14.7 Å². The van der Waals surface area contributed by atoms with Gasteiger partial charge in [0.1, 0.15) is 11.5 Å². The summed E-state index contributed by atoms with van der Waals surface area (Å²) in [6.07, 6.45) is 0. The van der Waals surface area contributed by atoms with Crippen LogP contribution in [0.1, 0.15) is 72.2 Å². The van der Waals surface area contributed by atoms with E-state index >= 15 is 0 Å². The summed E-state index contributed by atoms with van der Waals surface area (Å²) in [5.74, 6) is 2.49. The first-order valence-corrected chi connectivity index (χ1v) is 21.6. The molecule has 0 N–H and O–H groups in total. The van der Waals surface area contributed by atoms with Crippen LogP contribution in [0.2, 0.25) is 0 Å². The monoisotopic (exact) mass is 796 g/mol. The van der Waals surface area contributed by atoms with E-state index in [2.05, 4.69) is 204 Å². The van der Waals surface area contributed by atoms with Crippen LogP contribution in [-0.4, -0.2) is 9.97 Å². The lowest BCUT2D eigenvalue weighted by Crippen LogP contribution is -2.43. The molecule has 1 aliphatic heterocycles. The highest BCUT2D eigenvalue weighted by Gasteiger charge is 2.52. The van der Waals surface area contributed by atoms with E-state index in [0.717, 1.165) is 56.3 Å². The van der Waals surface area contributed by atoms with Gasteiger partial charge in [-0.25, -0.2) is 9.97 Å². The zero-order valence-corrected chi connectivity index (χ0v) is 35.3. The standard InChI is InChI=1S/C59H44N2O/c1-57(2)44-19-9-8-18-42(44)43-32-30-41(35-50(43)57)53-36-52(60-56(61-53)39-16-6-5-7-17-39)38-28-26-37(27-29-38)40-31-33-55-51(34-40)59(49-24-14-15-25-54(49)62-55)47-22-12-10-20-45(47)58(3,4)46-21-11-13-23-48(46)59/h5-36H,1-4H3. The summed E-state index contributed by atoms with van der Waals surface area (Å²) in [5, 5.41) is 0. The zero-order chi connectivity index (χ0) is 41.8. The van der Waals surface area contributed by atoms with Gasteiger partial charge in [0.15, 0.2) is 5.82 Å². The molecule has 1 aromatic heterocycles. The molecule has 3 aliphatic rings. The second-order valence-electron chi connectivity index (χ2n) is 18.1. The van der Waals surface area contributed by atoms with E-state index < -0.39 is 5.41 Å². The van der Waals surface area contributed by atoms with Crippen LogP contribution >= 0.6 is 0 Å². The van der Waals surface area contributed by atoms with Crippen LogP contribution in [0.4, 0.5) is 0 Å². The van der Waals surface area contributed by atoms with Gasteiger partial charge in [-0.15, -0.1) is 0 Å². The molecule has 8 aromatic carbocycles. The van der Waals surface area contributed by atoms with Crippen LogP contribution in [0.5, 0.6) is 11.5 Å². The minimum absolute atomic E-state index is 0.109. The number of hydrogen-bond donors (Lipinski definition) is 0. The number of para-hydroxylation sites is 1. The number of hydrogen-bond acceptors (Lipinski definition) is 3. The van der Waals surface area contributed by atoms with Crippen molar-refractivity contribution in [2.45, 2.75) is 43.9 Å². The van der Waals surface area contributed by atoms with Crippen molar-refractivity contribution in [2.24, 2.45) is 0 Å². The number of nitrogens with zero attached hydrogens (tertiary/aromatic N) is 2. The first kappa shape index (κ1) is 36.5. The van der Waals surface area contributed by atoms with Gasteiger partial charge in [0.2, 0.25) is 0 Å². The van der Waals surface area contributed by atoms with Crippen molar-refractivity contribution < 1.29 is 4.74 Å². The number of benzene rings is 8. The van der Waals surface area contributed by atoms with Gasteiger partial charge in [-0.2, -0.15) is 0 Å². The SMILES string of the molecule is CC1(C)c2ccccc2-c2ccc(-c3cc(-c4ccc(-c5ccc6c(c5)C5(c7ccccc7O6)c6ccccc6C(C)(C)c6ccccc65)cc4)nc(-c4ccccc4)n3)cc21. The third-order valence-corrected chi connectivity index (χ3v) is 14.1. The molecule has 12 rings (SSSR count). The summed E-state index contributed by atoms with van der Waals surface area (Å²) in [6.45, 7) is 9.37. The fourth-order valence-corrected chi connectivity index (χ4v) is 11.0. The number of rotatable bonds is 4. The van der Waals surface area contributed by atoms with E-state index in [1.54, 1.807) is 0 Å². The molecule has 0 radical (unpaired) electrons. The maximum atomic E-state index is 6.79. The molecule has 0 saturated carbocycles. The molecule has 2 aliphatic carbocycles. The van der Waals surface area contributed by atoms with Crippen molar-refractivity contribution in [3.63, 3.8) is 0 Å². The number of ether oxygens (including phenoxy) is 1. The van der Waals surface area contributed by atoms with Crippen LogP contribution in [0.25, 0.3) is 56.2 Å². The van der Waals surface area contributed by atoms with E-state index in [9.17, 15) is 0 Å². The summed E-state index contributed by atoms with van der Waals surface area (Å²) in [4.78, 5) is 10.4. The van der Waals surface area contributed by atoms with Gasteiger partial charge in [0.25, 0.3) is 0 Å². The van der Waals surface area contributed by atoms with Gasteiger partial charge < -0.3 is 4.74 Å². The zero-order valence-electron chi connectivity index (χ0n) is 35.3. The Morgan fingerprint density at radius 3 is 1.52 bits per heavy atom. The normalized spacial score (nSPS) is 15.3. The van der Waals surface area contributed by atoms with Crippen LogP contribution in [-0.2, 0) is 16.2 Å². The number of fused-ring (bicyclic) bond motifs is 11. The lowest BCUT2D eigenvalue weighted by atomic mass is 9.53. The van der Waals surface area contributed by atoms with Crippen LogP contribution in [0.15, 0.2) is 194 Å². The fourth-order valence-electron chi connectivity index (χ4n) is 11.0. The lowest BCUT2D eigenvalue weighted by molar-refractivity contribution is 0.425. The van der Waals surface area contributed by atoms with Gasteiger partial charge in [-0.3, -0.25) is 0 Å². The average Bonchev–Trinajstić information content (AvgIpc) is 3.55. The van der Waals surface area contributed by atoms with Gasteiger partial charge in [-0.1, -0.05) is 191 Å². The molecule has 1 spiro atoms. The van der Waals surface area contributed by atoms with Crippen molar-refractivity contribution >= 4 is 0 Å². The molecule has 0 atom stereocenters. The van der Waals surface area contributed by atoms with Gasteiger partial charge in [0, 0.05) is 38.6 Å². The van der Waals surface area contributed by atoms with Crippen molar-refractivity contribution in [1.82, 2.24) is 9.97 Å². The highest BCUT2D eigenvalue weighted by atomic mass is 16.5. The summed E-state index contributed by atoms with van der Waals surface area (Å²) in [6, 6.07) is 70.3. The quantitative estimate of drug-likeness (QED) is 0.178. The van der Waals surface area contributed by atoms with Gasteiger partial charge >= 0.3 is 0 Å². The Morgan fingerprint density at radius 1 is 0.323 bits per heavy atom. The predicted octanol–water partition coefficient (Wildman–Crippen LogP) is 14.6. The van der Waals surface area contributed by atoms with Crippen LogP contribution < -0.4 is 4.74 Å². The van der Waals surface area contributed by atoms with E-state index in [1.807, 2.05) is 18.2 Å². The molecular weight excluding hydrogens is 753 g/mol. The topological polar surface area (TPSA) is 35.0 Å². The molecule has 0 amide bonds. The fraction of sp³-hybridized carbons (Fsp3) is 0.119. The Hall–Kier alpha value is -7.36. The molecular formula is C59H44N2O. The van der Waals surface area contributed by atoms with E-state index in [0.29, 0.717) is 5.82 Å². The molecule has 2 heterocycles. The van der Waals surface area contributed by atoms with Crippen molar-refractivity contribution in [3.8, 4) is 67.7 Å². The molecule has 0 unspecified atom stereocenters. The summed E-state index contributed by atoms with van der Waals surface area (Å²) in [7, 11) is 0. The smallest absolute Gasteiger partial charge is 0.160 e. The molecule has 3 heteroatoms. The van der Waals surface area contributed by atoms with E-state index in [-0.39, 0.29) is 10.8 Å². The predicted molar refractivity (Wildman–Crippen MR) is 252 cm³/mol. The largest absolute Gasteiger partial charge is 0.457 e. The third-order valence-electron chi connectivity index (χ3n) is 14.1. The second-order valence-corrected chi connectivity index (χ2v) is 18.1. The Labute approximate surface area is 363 Å². The highest BCUT2D eigenvalue weighted by molar-refractivity contribution is 5.84. The first-order valence-electron chi connectivity index (χ1n) is 21.6. The minimum atomic E-state index is -0.566. The third kappa shape index (κ3) is 5.18. The highest BCUT2D eigenvalue weighted by Crippen LogP contribution is 2.61. The summed E-state index contributed by atoms with van der Waals surface area (Å²) in [5.41, 5.74) is 19.2. The number of aromatic nitrogens is 2. The first-order chi connectivity index (χ1) is 30.2. The molecule has 296 valence electrons. The summed E-state index contributed by atoms with van der Waals surface area (Å²) >= 11 is 0.